The average Bonchev–Trinajstić information content (AvgIpc) is 2.26. The van der Waals surface area contributed by atoms with Gasteiger partial charge in [0.25, 0.3) is 0 Å². The highest BCUT2D eigenvalue weighted by Gasteiger charge is 2.22. The molecule has 6 nitrogen and oxygen atoms in total. The average molecular weight is 264 g/mol. The lowest BCUT2D eigenvalue weighted by Gasteiger charge is -2.24. The fraction of sp³-hybridized carbons (Fsp3) is 0.385. The van der Waals surface area contributed by atoms with Crippen LogP contribution in [0.1, 0.15) is 25.8 Å². The second-order valence-corrected chi connectivity index (χ2v) is 5.01. The van der Waals surface area contributed by atoms with Gasteiger partial charge < -0.3 is 22.1 Å². The molecule has 0 heterocycles. The van der Waals surface area contributed by atoms with E-state index in [1.165, 1.54) is 0 Å². The summed E-state index contributed by atoms with van der Waals surface area (Å²) in [5.74, 6) is -0.463. The number of nitrogens with one attached hydrogen (secondary N) is 2. The van der Waals surface area contributed by atoms with Crippen LogP contribution in [0.15, 0.2) is 24.3 Å². The molecule has 0 aliphatic carbocycles. The van der Waals surface area contributed by atoms with E-state index in [0.717, 1.165) is 5.56 Å². The van der Waals surface area contributed by atoms with Gasteiger partial charge in [-0.3, -0.25) is 4.79 Å². The molecule has 0 aliphatic heterocycles. The molecule has 1 rings (SSSR count). The monoisotopic (exact) mass is 264 g/mol. The van der Waals surface area contributed by atoms with E-state index < -0.39 is 11.4 Å². The van der Waals surface area contributed by atoms with Crippen molar-refractivity contribution in [2.45, 2.75) is 32.4 Å². The first kappa shape index (κ1) is 15.0. The van der Waals surface area contributed by atoms with Crippen molar-refractivity contribution in [3.63, 3.8) is 0 Å². The van der Waals surface area contributed by atoms with Crippen molar-refractivity contribution in [2.75, 3.05) is 5.32 Å². The van der Waals surface area contributed by atoms with E-state index in [9.17, 15) is 9.59 Å². The molecular formula is C13H20N4O2. The van der Waals surface area contributed by atoms with Crippen molar-refractivity contribution in [1.82, 2.24) is 5.32 Å². The number of urea groups is 1. The molecular weight excluding hydrogens is 244 g/mol. The van der Waals surface area contributed by atoms with E-state index in [2.05, 4.69) is 10.6 Å². The van der Waals surface area contributed by atoms with Gasteiger partial charge in [0.15, 0.2) is 0 Å². The maximum atomic E-state index is 11.8. The smallest absolute Gasteiger partial charge is 0.319 e. The van der Waals surface area contributed by atoms with Gasteiger partial charge in [0.1, 0.15) is 0 Å². The summed E-state index contributed by atoms with van der Waals surface area (Å²) in [5.41, 5.74) is 11.5. The molecule has 0 unspecified atom stereocenters. The summed E-state index contributed by atoms with van der Waals surface area (Å²) < 4.78 is 0. The molecule has 104 valence electrons. The second-order valence-electron chi connectivity index (χ2n) is 5.01. The van der Waals surface area contributed by atoms with Gasteiger partial charge in [-0.05, 0) is 31.5 Å². The van der Waals surface area contributed by atoms with Crippen molar-refractivity contribution < 1.29 is 9.59 Å². The summed E-state index contributed by atoms with van der Waals surface area (Å²) in [6.45, 7) is 3.87. The highest BCUT2D eigenvalue weighted by Crippen LogP contribution is 2.12. The van der Waals surface area contributed by atoms with E-state index in [1.54, 1.807) is 26.0 Å². The summed E-state index contributed by atoms with van der Waals surface area (Å²) in [6.07, 6.45) is 0.0727. The zero-order valence-corrected chi connectivity index (χ0v) is 11.2. The standard InChI is InChI=1S/C13H20N4O2/c1-13(2,7-11(15)18)17-12(19)16-10-5-3-4-9(6-10)8-14/h3-6H,7-8,14H2,1-2H3,(H2,15,18)(H2,16,17,19). The maximum Gasteiger partial charge on any atom is 0.319 e. The van der Waals surface area contributed by atoms with Crippen molar-refractivity contribution in [1.29, 1.82) is 0 Å². The van der Waals surface area contributed by atoms with Crippen LogP contribution in [-0.4, -0.2) is 17.5 Å². The minimum absolute atomic E-state index is 0.0727. The molecule has 3 amide bonds. The van der Waals surface area contributed by atoms with Crippen LogP contribution in [0.3, 0.4) is 0 Å². The molecule has 0 bridgehead atoms. The molecule has 0 radical (unpaired) electrons. The Labute approximate surface area is 112 Å². The highest BCUT2D eigenvalue weighted by molar-refractivity contribution is 5.90. The Balaban J connectivity index is 2.62. The van der Waals surface area contributed by atoms with Crippen LogP contribution in [0, 0.1) is 0 Å². The van der Waals surface area contributed by atoms with Gasteiger partial charge in [0, 0.05) is 24.2 Å². The van der Waals surface area contributed by atoms with Gasteiger partial charge in [-0.1, -0.05) is 12.1 Å². The Bertz CT molecular complexity index is 471. The molecule has 1 aromatic rings. The van der Waals surface area contributed by atoms with Crippen molar-refractivity contribution in [3.8, 4) is 0 Å². The number of amides is 3. The summed E-state index contributed by atoms with van der Waals surface area (Å²) >= 11 is 0. The lowest BCUT2D eigenvalue weighted by Crippen LogP contribution is -2.47. The van der Waals surface area contributed by atoms with Crippen LogP contribution in [0.2, 0.25) is 0 Å². The molecule has 6 heteroatoms. The normalized spacial score (nSPS) is 10.9. The third-order valence-electron chi connectivity index (χ3n) is 2.49. The molecule has 0 spiro atoms. The maximum absolute atomic E-state index is 11.8. The Morgan fingerprint density at radius 2 is 2.00 bits per heavy atom. The van der Waals surface area contributed by atoms with Crippen molar-refractivity contribution in [3.05, 3.63) is 29.8 Å². The number of rotatable bonds is 5. The van der Waals surface area contributed by atoms with E-state index in [0.29, 0.717) is 12.2 Å². The Hall–Kier alpha value is -2.08. The van der Waals surface area contributed by atoms with Crippen LogP contribution in [0.5, 0.6) is 0 Å². The highest BCUT2D eigenvalue weighted by atomic mass is 16.2. The van der Waals surface area contributed by atoms with Gasteiger partial charge in [-0.15, -0.1) is 0 Å². The van der Waals surface area contributed by atoms with Gasteiger partial charge in [-0.2, -0.15) is 0 Å². The van der Waals surface area contributed by atoms with Crippen molar-refractivity contribution >= 4 is 17.6 Å². The van der Waals surface area contributed by atoms with Gasteiger partial charge in [0.05, 0.1) is 0 Å². The Kier molecular flexibility index (Phi) is 4.88. The lowest BCUT2D eigenvalue weighted by atomic mass is 10.0. The van der Waals surface area contributed by atoms with E-state index in [1.807, 2.05) is 12.1 Å². The first-order valence-electron chi connectivity index (χ1n) is 5.99. The Morgan fingerprint density at radius 3 is 2.58 bits per heavy atom. The molecule has 0 saturated carbocycles. The topological polar surface area (TPSA) is 110 Å². The van der Waals surface area contributed by atoms with Crippen LogP contribution >= 0.6 is 0 Å². The summed E-state index contributed by atoms with van der Waals surface area (Å²) in [7, 11) is 0. The molecule has 19 heavy (non-hydrogen) atoms. The SMILES string of the molecule is CC(C)(CC(N)=O)NC(=O)Nc1cccc(CN)c1. The zero-order chi connectivity index (χ0) is 14.5. The predicted octanol–water partition coefficient (Wildman–Crippen LogP) is 0.921. The molecule has 0 fully saturated rings. The van der Waals surface area contributed by atoms with Crippen molar-refractivity contribution in [2.24, 2.45) is 11.5 Å². The van der Waals surface area contributed by atoms with Crippen LogP contribution in [0.4, 0.5) is 10.5 Å². The quantitative estimate of drug-likeness (QED) is 0.634. The lowest BCUT2D eigenvalue weighted by molar-refractivity contribution is -0.119. The van der Waals surface area contributed by atoms with E-state index in [-0.39, 0.29) is 12.5 Å². The summed E-state index contributed by atoms with van der Waals surface area (Å²) in [4.78, 5) is 22.7. The second kappa shape index (κ2) is 6.19. The third kappa shape index (κ3) is 5.39. The number of hydrogen-bond acceptors (Lipinski definition) is 3. The molecule has 0 atom stereocenters. The van der Waals surface area contributed by atoms with Crippen LogP contribution in [-0.2, 0) is 11.3 Å². The number of carbonyl (C=O) groups is 2. The number of anilines is 1. The van der Waals surface area contributed by atoms with E-state index in [4.69, 9.17) is 11.5 Å². The van der Waals surface area contributed by atoms with Crippen LogP contribution in [0.25, 0.3) is 0 Å². The van der Waals surface area contributed by atoms with Gasteiger partial charge in [0.2, 0.25) is 5.91 Å². The summed E-state index contributed by atoms with van der Waals surface area (Å²) in [6, 6.07) is 6.85. The summed E-state index contributed by atoms with van der Waals surface area (Å²) in [5, 5.41) is 5.38. The largest absolute Gasteiger partial charge is 0.370 e. The molecule has 0 aromatic heterocycles. The van der Waals surface area contributed by atoms with E-state index >= 15 is 0 Å². The first-order chi connectivity index (χ1) is 8.82. The number of benzene rings is 1. The fourth-order valence-electron chi connectivity index (χ4n) is 1.73. The third-order valence-corrected chi connectivity index (χ3v) is 2.49. The fourth-order valence-corrected chi connectivity index (χ4v) is 1.73. The number of hydrogen-bond donors (Lipinski definition) is 4. The minimum Gasteiger partial charge on any atom is -0.370 e. The predicted molar refractivity (Wildman–Crippen MR) is 74.4 cm³/mol. The number of nitrogens with two attached hydrogens (primary N) is 2. The minimum atomic E-state index is -0.693. The number of carbonyl (C=O) groups excluding carboxylic acids is 2. The molecule has 6 N–H and O–H groups in total. The zero-order valence-electron chi connectivity index (χ0n) is 11.2. The molecule has 0 aliphatic rings. The molecule has 1 aromatic carbocycles. The van der Waals surface area contributed by atoms with Gasteiger partial charge in [-0.25, -0.2) is 4.79 Å². The van der Waals surface area contributed by atoms with Gasteiger partial charge >= 0.3 is 6.03 Å². The molecule has 0 saturated heterocycles. The first-order valence-corrected chi connectivity index (χ1v) is 5.99. The Morgan fingerprint density at radius 1 is 1.32 bits per heavy atom. The van der Waals surface area contributed by atoms with Crippen LogP contribution < -0.4 is 22.1 Å². The number of primary amides is 1.